The molecule has 3 heteroatoms. The van der Waals surface area contributed by atoms with Crippen LogP contribution in [0.2, 0.25) is 0 Å². The molecule has 0 spiro atoms. The van der Waals surface area contributed by atoms with E-state index in [1.807, 2.05) is 24.3 Å². The highest BCUT2D eigenvalue weighted by molar-refractivity contribution is 5.97. The van der Waals surface area contributed by atoms with Gasteiger partial charge in [-0.1, -0.05) is 67.6 Å². The van der Waals surface area contributed by atoms with Crippen molar-refractivity contribution in [2.45, 2.75) is 25.8 Å². The summed E-state index contributed by atoms with van der Waals surface area (Å²) in [7, 11) is 0. The van der Waals surface area contributed by atoms with E-state index >= 15 is 0 Å². The molecule has 0 atom stereocenters. The van der Waals surface area contributed by atoms with Gasteiger partial charge in [0.15, 0.2) is 0 Å². The highest BCUT2D eigenvalue weighted by atomic mass is 15.6. The van der Waals surface area contributed by atoms with Crippen LogP contribution in [0.25, 0.3) is 16.8 Å². The second-order valence-corrected chi connectivity index (χ2v) is 7.31. The fourth-order valence-corrected chi connectivity index (χ4v) is 4.07. The Morgan fingerprint density at radius 3 is 2.57 bits per heavy atom. The van der Waals surface area contributed by atoms with Crippen molar-refractivity contribution in [1.82, 2.24) is 5.01 Å². The summed E-state index contributed by atoms with van der Waals surface area (Å²) in [6.07, 6.45) is 5.52. The Morgan fingerprint density at radius 2 is 1.75 bits per heavy atom. The lowest BCUT2D eigenvalue weighted by Crippen LogP contribution is -2.42. The van der Waals surface area contributed by atoms with Crippen LogP contribution in [0, 0.1) is 11.3 Å². The van der Waals surface area contributed by atoms with E-state index in [0.717, 1.165) is 41.5 Å². The zero-order chi connectivity index (χ0) is 19.3. The SMILES string of the molecule is C=Cc1cccc(CN2CCCCCN2c2ccc(C#N)c3ccccc23)c1. The van der Waals surface area contributed by atoms with E-state index in [9.17, 15) is 5.26 Å². The molecule has 0 radical (unpaired) electrons. The minimum absolute atomic E-state index is 0.736. The second-order valence-electron chi connectivity index (χ2n) is 7.31. The Morgan fingerprint density at radius 1 is 0.929 bits per heavy atom. The molecule has 0 aliphatic carbocycles. The number of nitrogens with zero attached hydrogens (tertiary/aromatic N) is 3. The van der Waals surface area contributed by atoms with Gasteiger partial charge in [0.1, 0.15) is 0 Å². The predicted octanol–water partition coefficient (Wildman–Crippen LogP) is 5.76. The maximum absolute atomic E-state index is 9.50. The van der Waals surface area contributed by atoms with Crippen LogP contribution in [-0.2, 0) is 6.54 Å². The van der Waals surface area contributed by atoms with Crippen molar-refractivity contribution < 1.29 is 0 Å². The van der Waals surface area contributed by atoms with Gasteiger partial charge < -0.3 is 5.01 Å². The first-order valence-electron chi connectivity index (χ1n) is 9.96. The first kappa shape index (κ1) is 18.3. The molecule has 140 valence electrons. The first-order valence-corrected chi connectivity index (χ1v) is 9.96. The molecule has 0 saturated carbocycles. The van der Waals surface area contributed by atoms with Crippen molar-refractivity contribution in [3.63, 3.8) is 0 Å². The van der Waals surface area contributed by atoms with Gasteiger partial charge in [-0.15, -0.1) is 0 Å². The van der Waals surface area contributed by atoms with E-state index in [1.54, 1.807) is 0 Å². The first-order chi connectivity index (χ1) is 13.8. The van der Waals surface area contributed by atoms with E-state index in [4.69, 9.17) is 0 Å². The molecule has 3 aromatic rings. The zero-order valence-electron chi connectivity index (χ0n) is 16.1. The van der Waals surface area contributed by atoms with Gasteiger partial charge in [0.05, 0.1) is 17.3 Å². The molecule has 1 aliphatic rings. The number of fused-ring (bicyclic) bond motifs is 1. The van der Waals surface area contributed by atoms with Gasteiger partial charge in [0, 0.05) is 30.4 Å². The molecular formula is C25H25N3. The standard InChI is InChI=1S/C25H25N3/c1-2-20-9-8-10-21(17-20)19-27-15-6-3-7-16-28(27)25-14-13-22(18-26)23-11-4-5-12-24(23)25/h2,4-5,8-14,17H,1,3,6-7,15-16,19H2. The van der Waals surface area contributed by atoms with Crippen molar-refractivity contribution >= 4 is 22.5 Å². The minimum Gasteiger partial charge on any atom is -0.305 e. The fourth-order valence-electron chi connectivity index (χ4n) is 4.07. The molecule has 0 unspecified atom stereocenters. The summed E-state index contributed by atoms with van der Waals surface area (Å²) >= 11 is 0. The molecule has 1 heterocycles. The third-order valence-corrected chi connectivity index (χ3v) is 5.48. The van der Waals surface area contributed by atoms with Crippen LogP contribution in [0.4, 0.5) is 5.69 Å². The summed E-state index contributed by atoms with van der Waals surface area (Å²) in [5.74, 6) is 0. The summed E-state index contributed by atoms with van der Waals surface area (Å²) in [4.78, 5) is 0. The molecule has 3 aromatic carbocycles. The third kappa shape index (κ3) is 3.65. The third-order valence-electron chi connectivity index (χ3n) is 5.48. The van der Waals surface area contributed by atoms with Gasteiger partial charge in [-0.05, 0) is 36.1 Å². The topological polar surface area (TPSA) is 30.3 Å². The van der Waals surface area contributed by atoms with Gasteiger partial charge in [-0.25, -0.2) is 5.01 Å². The second kappa shape index (κ2) is 8.29. The molecule has 0 amide bonds. The maximum Gasteiger partial charge on any atom is 0.0998 e. The van der Waals surface area contributed by atoms with E-state index in [1.165, 1.54) is 30.5 Å². The van der Waals surface area contributed by atoms with Crippen LogP contribution in [0.5, 0.6) is 0 Å². The molecule has 1 fully saturated rings. The number of anilines is 1. The van der Waals surface area contributed by atoms with Crippen LogP contribution in [0.3, 0.4) is 0 Å². The molecule has 0 N–H and O–H groups in total. The number of benzene rings is 3. The van der Waals surface area contributed by atoms with Crippen molar-refractivity contribution in [3.05, 3.63) is 83.9 Å². The van der Waals surface area contributed by atoms with Crippen molar-refractivity contribution in [1.29, 1.82) is 5.26 Å². The zero-order valence-corrected chi connectivity index (χ0v) is 16.1. The molecule has 0 aromatic heterocycles. The maximum atomic E-state index is 9.50. The van der Waals surface area contributed by atoms with E-state index in [-0.39, 0.29) is 0 Å². The summed E-state index contributed by atoms with van der Waals surface area (Å²) in [5.41, 5.74) is 4.38. The van der Waals surface area contributed by atoms with Gasteiger partial charge in [0.25, 0.3) is 0 Å². The Bertz CT molecular complexity index is 1030. The van der Waals surface area contributed by atoms with E-state index in [0.29, 0.717) is 0 Å². The van der Waals surface area contributed by atoms with Crippen molar-refractivity contribution in [2.24, 2.45) is 0 Å². The smallest absolute Gasteiger partial charge is 0.0998 e. The Hall–Kier alpha value is -3.09. The molecule has 0 bridgehead atoms. The summed E-state index contributed by atoms with van der Waals surface area (Å²) in [5, 5.41) is 16.6. The fraction of sp³-hybridized carbons (Fsp3) is 0.240. The van der Waals surface area contributed by atoms with E-state index < -0.39 is 0 Å². The molecular weight excluding hydrogens is 342 g/mol. The Kier molecular flexibility index (Phi) is 5.41. The van der Waals surface area contributed by atoms with E-state index in [2.05, 4.69) is 65.1 Å². The number of hydrogen-bond acceptors (Lipinski definition) is 3. The van der Waals surface area contributed by atoms with Crippen LogP contribution in [0.1, 0.15) is 36.0 Å². The number of hydrogen-bond donors (Lipinski definition) is 0. The average molecular weight is 367 g/mol. The monoisotopic (exact) mass is 367 g/mol. The quantitative estimate of drug-likeness (QED) is 0.587. The highest BCUT2D eigenvalue weighted by Crippen LogP contribution is 2.32. The lowest BCUT2D eigenvalue weighted by atomic mass is 10.0. The summed E-state index contributed by atoms with van der Waals surface area (Å²) < 4.78 is 0. The van der Waals surface area contributed by atoms with Crippen molar-refractivity contribution in [3.8, 4) is 6.07 Å². The summed E-state index contributed by atoms with van der Waals surface area (Å²) in [6, 6.07) is 23.2. The Labute approximate surface area is 167 Å². The van der Waals surface area contributed by atoms with Gasteiger partial charge in [0.2, 0.25) is 0 Å². The molecule has 3 nitrogen and oxygen atoms in total. The molecule has 1 saturated heterocycles. The van der Waals surface area contributed by atoms with Gasteiger partial charge >= 0.3 is 0 Å². The lowest BCUT2D eigenvalue weighted by molar-refractivity contribution is 0.253. The normalized spacial score (nSPS) is 15.2. The number of hydrazine groups is 1. The number of nitriles is 1. The van der Waals surface area contributed by atoms with Crippen molar-refractivity contribution in [2.75, 3.05) is 18.1 Å². The van der Waals surface area contributed by atoms with Crippen LogP contribution < -0.4 is 5.01 Å². The molecule has 4 rings (SSSR count). The predicted molar refractivity (Wildman–Crippen MR) is 117 cm³/mol. The van der Waals surface area contributed by atoms with Crippen LogP contribution in [-0.4, -0.2) is 18.1 Å². The van der Waals surface area contributed by atoms with Crippen LogP contribution >= 0.6 is 0 Å². The average Bonchev–Trinajstić information content (AvgIpc) is 2.98. The number of rotatable bonds is 4. The van der Waals surface area contributed by atoms with Gasteiger partial charge in [-0.2, -0.15) is 5.26 Å². The highest BCUT2D eigenvalue weighted by Gasteiger charge is 2.21. The largest absolute Gasteiger partial charge is 0.305 e. The van der Waals surface area contributed by atoms with Crippen LogP contribution in [0.15, 0.2) is 67.2 Å². The lowest BCUT2D eigenvalue weighted by Gasteiger charge is -2.36. The van der Waals surface area contributed by atoms with Gasteiger partial charge in [-0.3, -0.25) is 0 Å². The molecule has 1 aliphatic heterocycles. The Balaban J connectivity index is 1.74. The molecule has 28 heavy (non-hydrogen) atoms. The minimum atomic E-state index is 0.736. The summed E-state index contributed by atoms with van der Waals surface area (Å²) in [6.45, 7) is 6.80.